The Morgan fingerprint density at radius 3 is 1.61 bits per heavy atom. The molecule has 28 heavy (non-hydrogen) atoms. The second-order valence-corrected chi connectivity index (χ2v) is 6.96. The third-order valence-corrected chi connectivity index (χ3v) is 5.40. The Kier molecular flexibility index (Phi) is 4.70. The maximum atomic E-state index is 13.0. The van der Waals surface area contributed by atoms with E-state index >= 15 is 0 Å². The normalized spacial score (nSPS) is 22.9. The van der Waals surface area contributed by atoms with Crippen LogP contribution in [0, 0.1) is 0 Å². The average Bonchev–Trinajstić information content (AvgIpc) is 3.44. The Bertz CT molecular complexity index is 925. The quantitative estimate of drug-likeness (QED) is 0.692. The van der Waals surface area contributed by atoms with E-state index in [-0.39, 0.29) is 17.7 Å². The molecule has 1 amide bonds. The molecule has 4 nitrogen and oxygen atoms in total. The highest BCUT2D eigenvalue weighted by Crippen LogP contribution is 2.64. The van der Waals surface area contributed by atoms with E-state index in [1.165, 1.54) is 7.11 Å². The molecule has 0 bridgehead atoms. The summed E-state index contributed by atoms with van der Waals surface area (Å²) in [7, 11) is 1.36. The number of rotatable bonds is 5. The first-order valence-corrected chi connectivity index (χ1v) is 9.24. The highest BCUT2D eigenvalue weighted by atomic mass is 16.5. The predicted molar refractivity (Wildman–Crippen MR) is 107 cm³/mol. The molecule has 140 valence electrons. The molecule has 3 aromatic carbocycles. The molecule has 4 rings (SSSR count). The molecule has 3 aromatic rings. The Morgan fingerprint density at radius 2 is 1.18 bits per heavy atom. The summed E-state index contributed by atoms with van der Waals surface area (Å²) in [6, 6.07) is 28.5. The van der Waals surface area contributed by atoms with Crippen LogP contribution >= 0.6 is 0 Å². The minimum Gasteiger partial charge on any atom is -0.467 e. The van der Waals surface area contributed by atoms with E-state index in [9.17, 15) is 9.59 Å². The largest absolute Gasteiger partial charge is 0.467 e. The number of ether oxygens (including phenoxy) is 1. The van der Waals surface area contributed by atoms with Gasteiger partial charge in [0, 0.05) is 17.4 Å². The van der Waals surface area contributed by atoms with Crippen LogP contribution in [0.15, 0.2) is 91.0 Å². The number of carbonyl (C=O) groups is 2. The molecule has 0 spiro atoms. The van der Waals surface area contributed by atoms with Crippen LogP contribution in [0.5, 0.6) is 0 Å². The van der Waals surface area contributed by atoms with Gasteiger partial charge in [0.15, 0.2) is 5.54 Å². The highest BCUT2D eigenvalue weighted by Gasteiger charge is 2.72. The smallest absolute Gasteiger partial charge is 0.332 e. The van der Waals surface area contributed by atoms with Crippen molar-refractivity contribution in [2.45, 2.75) is 17.4 Å². The first-order chi connectivity index (χ1) is 13.7. The summed E-state index contributed by atoms with van der Waals surface area (Å²) in [6.45, 7) is 0. The molecule has 0 aromatic heterocycles. The Morgan fingerprint density at radius 1 is 0.750 bits per heavy atom. The molecule has 0 aliphatic heterocycles. The molecular formula is C24H21NO3. The fourth-order valence-corrected chi connectivity index (χ4v) is 4.10. The monoisotopic (exact) mass is 371 g/mol. The SMILES string of the molecule is COC(=O)C1(NC(=O)c2ccccc2)[C@H](c2ccccc2)[C@H]1c1ccccc1. The van der Waals surface area contributed by atoms with Crippen molar-refractivity contribution in [1.82, 2.24) is 5.32 Å². The zero-order chi connectivity index (χ0) is 19.6. The lowest BCUT2D eigenvalue weighted by Gasteiger charge is -2.18. The zero-order valence-corrected chi connectivity index (χ0v) is 15.5. The van der Waals surface area contributed by atoms with E-state index in [0.29, 0.717) is 5.56 Å². The number of amides is 1. The number of carbonyl (C=O) groups excluding carboxylic acids is 2. The van der Waals surface area contributed by atoms with Gasteiger partial charge in [0.25, 0.3) is 5.91 Å². The van der Waals surface area contributed by atoms with Gasteiger partial charge in [-0.1, -0.05) is 78.9 Å². The molecule has 0 radical (unpaired) electrons. The van der Waals surface area contributed by atoms with Gasteiger partial charge in [-0.05, 0) is 23.3 Å². The predicted octanol–water partition coefficient (Wildman–Crippen LogP) is 3.91. The maximum absolute atomic E-state index is 13.0. The van der Waals surface area contributed by atoms with Crippen LogP contribution in [0.4, 0.5) is 0 Å². The van der Waals surface area contributed by atoms with E-state index in [4.69, 9.17) is 4.74 Å². The lowest BCUT2D eigenvalue weighted by molar-refractivity contribution is -0.144. The van der Waals surface area contributed by atoms with Crippen LogP contribution in [-0.2, 0) is 9.53 Å². The molecular weight excluding hydrogens is 350 g/mol. The fourth-order valence-electron chi connectivity index (χ4n) is 4.10. The Balaban J connectivity index is 1.78. The second kappa shape index (κ2) is 7.31. The number of methoxy groups -OCH3 is 1. The number of nitrogens with one attached hydrogen (secondary N) is 1. The highest BCUT2D eigenvalue weighted by molar-refractivity contribution is 6.01. The molecule has 0 heterocycles. The lowest BCUT2D eigenvalue weighted by atomic mass is 10.0. The fraction of sp³-hybridized carbons (Fsp3) is 0.167. The summed E-state index contributed by atoms with van der Waals surface area (Å²) < 4.78 is 5.16. The minimum absolute atomic E-state index is 0.198. The van der Waals surface area contributed by atoms with Crippen molar-refractivity contribution in [3.8, 4) is 0 Å². The van der Waals surface area contributed by atoms with E-state index in [2.05, 4.69) is 5.32 Å². The lowest BCUT2D eigenvalue weighted by Crippen LogP contribution is -2.46. The van der Waals surface area contributed by atoms with Crippen molar-refractivity contribution < 1.29 is 14.3 Å². The third kappa shape index (κ3) is 2.97. The van der Waals surface area contributed by atoms with Gasteiger partial charge in [-0.15, -0.1) is 0 Å². The van der Waals surface area contributed by atoms with Gasteiger partial charge in [0.1, 0.15) is 0 Å². The van der Waals surface area contributed by atoms with Crippen molar-refractivity contribution in [1.29, 1.82) is 0 Å². The van der Waals surface area contributed by atoms with Crippen LogP contribution in [-0.4, -0.2) is 24.5 Å². The van der Waals surface area contributed by atoms with Crippen molar-refractivity contribution in [2.75, 3.05) is 7.11 Å². The van der Waals surface area contributed by atoms with Crippen molar-refractivity contribution >= 4 is 11.9 Å². The summed E-state index contributed by atoms with van der Waals surface area (Å²) in [4.78, 5) is 25.9. The summed E-state index contributed by atoms with van der Waals surface area (Å²) in [6.07, 6.45) is 0. The number of esters is 1. The van der Waals surface area contributed by atoms with E-state index in [1.807, 2.05) is 66.7 Å². The average molecular weight is 371 g/mol. The molecule has 4 heteroatoms. The van der Waals surface area contributed by atoms with E-state index < -0.39 is 11.5 Å². The van der Waals surface area contributed by atoms with Crippen LogP contribution < -0.4 is 5.32 Å². The molecule has 0 saturated heterocycles. The minimum atomic E-state index is -1.13. The number of benzene rings is 3. The van der Waals surface area contributed by atoms with E-state index in [1.54, 1.807) is 24.3 Å². The van der Waals surface area contributed by atoms with Gasteiger partial charge in [-0.25, -0.2) is 4.79 Å². The third-order valence-electron chi connectivity index (χ3n) is 5.40. The van der Waals surface area contributed by atoms with Gasteiger partial charge in [-0.2, -0.15) is 0 Å². The van der Waals surface area contributed by atoms with Crippen LogP contribution in [0.25, 0.3) is 0 Å². The van der Waals surface area contributed by atoms with Crippen molar-refractivity contribution in [2.24, 2.45) is 0 Å². The summed E-state index contributed by atoms with van der Waals surface area (Å²) >= 11 is 0. The first kappa shape index (κ1) is 18.0. The molecule has 2 atom stereocenters. The molecule has 1 N–H and O–H groups in total. The number of hydrogen-bond acceptors (Lipinski definition) is 3. The molecule has 1 fully saturated rings. The van der Waals surface area contributed by atoms with E-state index in [0.717, 1.165) is 11.1 Å². The van der Waals surface area contributed by atoms with Crippen LogP contribution in [0.1, 0.15) is 33.3 Å². The van der Waals surface area contributed by atoms with Crippen molar-refractivity contribution in [3.05, 3.63) is 108 Å². The number of hydrogen-bond donors (Lipinski definition) is 1. The molecule has 1 aliphatic rings. The second-order valence-electron chi connectivity index (χ2n) is 6.96. The Labute approximate surface area is 164 Å². The van der Waals surface area contributed by atoms with Gasteiger partial charge in [0.05, 0.1) is 7.11 Å². The van der Waals surface area contributed by atoms with Gasteiger partial charge < -0.3 is 10.1 Å². The summed E-state index contributed by atoms with van der Waals surface area (Å²) in [5.74, 6) is -1.11. The standard InChI is InChI=1S/C24H21NO3/c1-28-23(27)24(25-22(26)19-15-9-4-10-16-19)20(17-11-5-2-6-12-17)21(24)18-13-7-3-8-14-18/h2-16,20-21H,1H3,(H,25,26)/t20-,21-/m1/s1. The van der Waals surface area contributed by atoms with Gasteiger partial charge >= 0.3 is 5.97 Å². The summed E-state index contributed by atoms with van der Waals surface area (Å²) in [5.41, 5.74) is 1.37. The van der Waals surface area contributed by atoms with Crippen molar-refractivity contribution in [3.63, 3.8) is 0 Å². The van der Waals surface area contributed by atoms with Crippen LogP contribution in [0.2, 0.25) is 0 Å². The summed E-state index contributed by atoms with van der Waals surface area (Å²) in [5, 5.41) is 3.02. The zero-order valence-electron chi connectivity index (χ0n) is 15.5. The Hall–Kier alpha value is -3.40. The molecule has 0 unspecified atom stereocenters. The molecule has 1 aliphatic carbocycles. The van der Waals surface area contributed by atoms with Gasteiger partial charge in [0.2, 0.25) is 0 Å². The van der Waals surface area contributed by atoms with Crippen LogP contribution in [0.3, 0.4) is 0 Å². The van der Waals surface area contributed by atoms with Gasteiger partial charge in [-0.3, -0.25) is 4.79 Å². The molecule has 1 saturated carbocycles. The topological polar surface area (TPSA) is 55.4 Å². The maximum Gasteiger partial charge on any atom is 0.332 e. The first-order valence-electron chi connectivity index (χ1n) is 9.24.